The van der Waals surface area contributed by atoms with E-state index in [0.29, 0.717) is 5.69 Å². The van der Waals surface area contributed by atoms with Gasteiger partial charge in [-0.1, -0.05) is 33.6 Å². The van der Waals surface area contributed by atoms with Crippen LogP contribution in [0.15, 0.2) is 46.9 Å². The molecule has 7 heteroatoms. The number of benzene rings is 2. The Morgan fingerprint density at radius 3 is 2.48 bits per heavy atom. The summed E-state index contributed by atoms with van der Waals surface area (Å²) in [6.07, 6.45) is -4.49. The van der Waals surface area contributed by atoms with Gasteiger partial charge in [0.15, 0.2) is 0 Å². The summed E-state index contributed by atoms with van der Waals surface area (Å²) in [5.74, 6) is -0.662. The number of carbonyl (C=O) groups is 1. The van der Waals surface area contributed by atoms with Gasteiger partial charge in [0.25, 0.3) is 5.91 Å². The van der Waals surface area contributed by atoms with E-state index in [-0.39, 0.29) is 10.6 Å². The first-order valence-corrected chi connectivity index (χ1v) is 6.88. The van der Waals surface area contributed by atoms with E-state index in [1.165, 1.54) is 12.1 Å². The van der Waals surface area contributed by atoms with Crippen LogP contribution in [-0.2, 0) is 6.18 Å². The Bertz CT molecular complexity index is 688. The van der Waals surface area contributed by atoms with E-state index in [2.05, 4.69) is 21.2 Å². The third-order valence-electron chi connectivity index (χ3n) is 2.63. The van der Waals surface area contributed by atoms with Crippen LogP contribution in [-0.4, -0.2) is 5.91 Å². The van der Waals surface area contributed by atoms with Crippen LogP contribution in [0.4, 0.5) is 18.9 Å². The normalized spacial score (nSPS) is 11.3. The molecule has 0 saturated carbocycles. The summed E-state index contributed by atoms with van der Waals surface area (Å²) < 4.78 is 38.6. The molecule has 1 N–H and O–H groups in total. The lowest BCUT2D eigenvalue weighted by Crippen LogP contribution is -2.14. The van der Waals surface area contributed by atoms with E-state index in [9.17, 15) is 18.0 Å². The van der Waals surface area contributed by atoms with Crippen molar-refractivity contribution in [3.05, 3.63) is 63.1 Å². The molecule has 0 heterocycles. The molecule has 2 aromatic carbocycles. The Kier molecular flexibility index (Phi) is 4.58. The number of anilines is 1. The van der Waals surface area contributed by atoms with Crippen molar-refractivity contribution in [2.24, 2.45) is 0 Å². The van der Waals surface area contributed by atoms with Crippen molar-refractivity contribution in [1.82, 2.24) is 0 Å². The van der Waals surface area contributed by atoms with Crippen LogP contribution in [0.25, 0.3) is 0 Å². The van der Waals surface area contributed by atoms with Gasteiger partial charge in [0.1, 0.15) is 0 Å². The molecule has 0 saturated heterocycles. The van der Waals surface area contributed by atoms with E-state index in [1.54, 1.807) is 18.2 Å². The van der Waals surface area contributed by atoms with Crippen LogP contribution in [0, 0.1) is 0 Å². The van der Waals surface area contributed by atoms with E-state index >= 15 is 0 Å². The second-order valence-electron chi connectivity index (χ2n) is 4.16. The van der Waals surface area contributed by atoms with Crippen LogP contribution >= 0.6 is 27.5 Å². The highest BCUT2D eigenvalue weighted by atomic mass is 79.9. The maximum absolute atomic E-state index is 12.6. The number of amides is 1. The molecule has 2 rings (SSSR count). The molecular weight excluding hydrogens is 371 g/mol. The first kappa shape index (κ1) is 15.9. The average molecular weight is 379 g/mol. The summed E-state index contributed by atoms with van der Waals surface area (Å²) in [7, 11) is 0. The highest BCUT2D eigenvalue weighted by Crippen LogP contribution is 2.30. The highest BCUT2D eigenvalue weighted by Gasteiger charge is 2.30. The smallest absolute Gasteiger partial charge is 0.321 e. The van der Waals surface area contributed by atoms with Crippen molar-refractivity contribution in [1.29, 1.82) is 0 Å². The van der Waals surface area contributed by atoms with Gasteiger partial charge in [0, 0.05) is 10.0 Å². The fourth-order valence-electron chi connectivity index (χ4n) is 1.62. The summed E-state index contributed by atoms with van der Waals surface area (Å²) in [5.41, 5.74) is -0.650. The third-order valence-corrected chi connectivity index (χ3v) is 3.44. The first-order chi connectivity index (χ1) is 9.77. The van der Waals surface area contributed by atoms with Crippen molar-refractivity contribution >= 4 is 39.1 Å². The van der Waals surface area contributed by atoms with E-state index in [4.69, 9.17) is 11.6 Å². The largest absolute Gasteiger partial charge is 0.416 e. The molecule has 1 amide bonds. The molecule has 21 heavy (non-hydrogen) atoms. The predicted octanol–water partition coefficient (Wildman–Crippen LogP) is 5.37. The summed E-state index contributed by atoms with van der Waals surface area (Å²) in [6, 6.07) is 8.97. The molecule has 0 atom stereocenters. The molecule has 0 bridgehead atoms. The molecule has 0 aliphatic rings. The number of hydrogen-bond donors (Lipinski definition) is 1. The van der Waals surface area contributed by atoms with Crippen LogP contribution < -0.4 is 5.32 Å². The van der Waals surface area contributed by atoms with Crippen LogP contribution in [0.1, 0.15) is 15.9 Å². The lowest BCUT2D eigenvalue weighted by Gasteiger charge is -2.10. The zero-order valence-corrected chi connectivity index (χ0v) is 12.7. The quantitative estimate of drug-likeness (QED) is 0.747. The molecular formula is C14H8BrClF3NO. The van der Waals surface area contributed by atoms with Gasteiger partial charge in [-0.15, -0.1) is 0 Å². The van der Waals surface area contributed by atoms with Gasteiger partial charge >= 0.3 is 6.18 Å². The number of halogens is 5. The Labute approximate surface area is 132 Å². The number of rotatable bonds is 2. The Hall–Kier alpha value is -1.53. The van der Waals surface area contributed by atoms with Gasteiger partial charge in [0.2, 0.25) is 0 Å². The zero-order valence-electron chi connectivity index (χ0n) is 10.3. The van der Waals surface area contributed by atoms with Crippen molar-refractivity contribution in [2.75, 3.05) is 5.32 Å². The third kappa shape index (κ3) is 3.98. The van der Waals surface area contributed by atoms with Gasteiger partial charge in [-0.2, -0.15) is 13.2 Å². The maximum atomic E-state index is 12.6. The van der Waals surface area contributed by atoms with Gasteiger partial charge < -0.3 is 5.32 Å². The van der Waals surface area contributed by atoms with E-state index in [0.717, 1.165) is 16.6 Å². The Morgan fingerprint density at radius 1 is 1.14 bits per heavy atom. The van der Waals surface area contributed by atoms with Crippen LogP contribution in [0.5, 0.6) is 0 Å². The molecule has 0 unspecified atom stereocenters. The maximum Gasteiger partial charge on any atom is 0.416 e. The topological polar surface area (TPSA) is 29.1 Å². The summed E-state index contributed by atoms with van der Waals surface area (Å²) >= 11 is 9.16. The molecule has 110 valence electrons. The lowest BCUT2D eigenvalue weighted by molar-refractivity contribution is -0.137. The van der Waals surface area contributed by atoms with Crippen LogP contribution in [0.3, 0.4) is 0 Å². The molecule has 0 radical (unpaired) electrons. The fraction of sp³-hybridized carbons (Fsp3) is 0.0714. The van der Waals surface area contributed by atoms with Crippen molar-refractivity contribution in [2.45, 2.75) is 6.18 Å². The molecule has 2 aromatic rings. The second-order valence-corrected chi connectivity index (χ2v) is 5.48. The molecule has 0 aliphatic heterocycles. The van der Waals surface area contributed by atoms with Crippen molar-refractivity contribution in [3.8, 4) is 0 Å². The summed E-state index contributed by atoms with van der Waals surface area (Å²) in [5, 5.41) is 2.76. The molecule has 0 aromatic heterocycles. The number of carbonyl (C=O) groups excluding carboxylic acids is 1. The monoisotopic (exact) mass is 377 g/mol. The van der Waals surface area contributed by atoms with Gasteiger partial charge in [0.05, 0.1) is 16.3 Å². The molecule has 0 aliphatic carbocycles. The van der Waals surface area contributed by atoms with Gasteiger partial charge in [-0.3, -0.25) is 4.79 Å². The second kappa shape index (κ2) is 6.07. The molecule has 0 spiro atoms. The van der Waals surface area contributed by atoms with E-state index in [1.807, 2.05) is 0 Å². The number of alkyl halides is 3. The fourth-order valence-corrected chi connectivity index (χ4v) is 2.34. The van der Waals surface area contributed by atoms with Crippen molar-refractivity contribution in [3.63, 3.8) is 0 Å². The van der Waals surface area contributed by atoms with Gasteiger partial charge in [-0.25, -0.2) is 0 Å². The predicted molar refractivity (Wildman–Crippen MR) is 78.5 cm³/mol. The number of hydrogen-bond acceptors (Lipinski definition) is 1. The lowest BCUT2D eigenvalue weighted by atomic mass is 10.1. The minimum Gasteiger partial charge on any atom is -0.321 e. The summed E-state index contributed by atoms with van der Waals surface area (Å²) in [4.78, 5) is 12.0. The van der Waals surface area contributed by atoms with Crippen LogP contribution in [0.2, 0.25) is 5.02 Å². The Balaban J connectivity index is 2.25. The highest BCUT2D eigenvalue weighted by molar-refractivity contribution is 9.10. The van der Waals surface area contributed by atoms with E-state index < -0.39 is 17.6 Å². The van der Waals surface area contributed by atoms with Crippen molar-refractivity contribution < 1.29 is 18.0 Å². The van der Waals surface area contributed by atoms with Gasteiger partial charge in [-0.05, 0) is 36.4 Å². The standard InChI is InChI=1S/C14H8BrClF3NO/c15-10-4-5-12(11(16)7-10)20-13(21)8-2-1-3-9(6-8)14(17,18)19/h1-7H,(H,20,21). The first-order valence-electron chi connectivity index (χ1n) is 5.71. The molecule has 0 fully saturated rings. The number of nitrogens with one attached hydrogen (secondary N) is 1. The molecule has 2 nitrogen and oxygen atoms in total. The SMILES string of the molecule is O=C(Nc1ccc(Br)cc1Cl)c1cccc(C(F)(F)F)c1. The summed E-state index contributed by atoms with van der Waals surface area (Å²) in [6.45, 7) is 0. The Morgan fingerprint density at radius 2 is 1.86 bits per heavy atom. The zero-order chi connectivity index (χ0) is 15.6. The minimum atomic E-state index is -4.49. The average Bonchev–Trinajstić information content (AvgIpc) is 2.41. The minimum absolute atomic E-state index is 0.0937.